The zero-order chi connectivity index (χ0) is 40.0. The normalized spacial score (nSPS) is 13.0. The predicted molar refractivity (Wildman–Crippen MR) is 252 cm³/mol. The molecule has 9 aromatic carbocycles. The molecule has 0 bridgehead atoms. The summed E-state index contributed by atoms with van der Waals surface area (Å²) in [5.74, 6) is 0.887. The highest BCUT2D eigenvalue weighted by Gasteiger charge is 2.36. The van der Waals surface area contributed by atoms with Gasteiger partial charge in [-0.25, -0.2) is 4.98 Å². The van der Waals surface area contributed by atoms with Crippen LogP contribution in [-0.2, 0) is 5.41 Å². The predicted octanol–water partition coefficient (Wildman–Crippen LogP) is 15.8. The van der Waals surface area contributed by atoms with Crippen LogP contribution in [0.2, 0.25) is 0 Å². The first-order valence-corrected chi connectivity index (χ1v) is 20.9. The second-order valence-corrected chi connectivity index (χ2v) is 16.6. The van der Waals surface area contributed by atoms with Gasteiger partial charge in [-0.15, -0.1) is 0 Å². The number of benzene rings is 9. The molecule has 1 heterocycles. The first-order chi connectivity index (χ1) is 29.6. The average Bonchev–Trinajstić information content (AvgIpc) is 3.75. The van der Waals surface area contributed by atoms with Crippen LogP contribution >= 0.6 is 0 Å². The standard InChI is InChI=1S/C58H40N2/c1-58(2)50-25-12-11-20-43(50)44-32-31-41(36-51(44)58)60(52-26-13-14-35-59-52)40-29-27-37(28-30-40)42-33-34-49-55-45(42)23-15-24-48(55)56-53(38-16-5-3-6-17-38)46-21-9-10-22-47(46)54(57(49)56)39-18-7-4-8-19-39/h3-36H,1-2H3. The molecular weight excluding hydrogens is 725 g/mol. The Kier molecular flexibility index (Phi) is 7.61. The minimum atomic E-state index is -0.104. The lowest BCUT2D eigenvalue weighted by atomic mass is 9.82. The fourth-order valence-electron chi connectivity index (χ4n) is 10.4. The molecule has 0 fully saturated rings. The Morgan fingerprint density at radius 1 is 0.367 bits per heavy atom. The van der Waals surface area contributed by atoms with E-state index in [1.54, 1.807) is 0 Å². The molecule has 0 aliphatic heterocycles. The summed E-state index contributed by atoms with van der Waals surface area (Å²) < 4.78 is 0. The van der Waals surface area contributed by atoms with E-state index in [1.807, 2.05) is 12.3 Å². The quantitative estimate of drug-likeness (QED) is 0.168. The Labute approximate surface area is 350 Å². The van der Waals surface area contributed by atoms with Crippen molar-refractivity contribution in [3.8, 4) is 66.8 Å². The summed E-state index contributed by atoms with van der Waals surface area (Å²) in [5, 5.41) is 5.13. The average molecular weight is 765 g/mol. The smallest absolute Gasteiger partial charge is 0.137 e. The zero-order valence-electron chi connectivity index (χ0n) is 33.5. The van der Waals surface area contributed by atoms with Crippen molar-refractivity contribution in [3.05, 3.63) is 218 Å². The fraction of sp³-hybridized carbons (Fsp3) is 0.0517. The van der Waals surface area contributed by atoms with Crippen molar-refractivity contribution in [1.29, 1.82) is 0 Å². The number of hydrogen-bond donors (Lipinski definition) is 0. The Balaban J connectivity index is 1.02. The molecule has 0 atom stereocenters. The Morgan fingerprint density at radius 3 is 1.58 bits per heavy atom. The Bertz CT molecular complexity index is 3220. The number of nitrogens with zero attached hydrogens (tertiary/aromatic N) is 2. The number of anilines is 3. The Hall–Kier alpha value is -7.55. The third-order valence-electron chi connectivity index (χ3n) is 13.1. The van der Waals surface area contributed by atoms with Crippen LogP contribution in [0.25, 0.3) is 88.3 Å². The summed E-state index contributed by atoms with van der Waals surface area (Å²) in [6.07, 6.45) is 1.88. The van der Waals surface area contributed by atoms with Gasteiger partial charge < -0.3 is 0 Å². The molecule has 0 N–H and O–H groups in total. The van der Waals surface area contributed by atoms with Crippen LogP contribution in [0, 0.1) is 0 Å². The molecule has 12 rings (SSSR count). The lowest BCUT2D eigenvalue weighted by molar-refractivity contribution is 0.660. The monoisotopic (exact) mass is 764 g/mol. The molecule has 2 nitrogen and oxygen atoms in total. The van der Waals surface area contributed by atoms with Crippen molar-refractivity contribution >= 4 is 38.7 Å². The van der Waals surface area contributed by atoms with Crippen LogP contribution in [-0.4, -0.2) is 4.98 Å². The van der Waals surface area contributed by atoms with Crippen molar-refractivity contribution in [2.45, 2.75) is 19.3 Å². The second kappa shape index (κ2) is 13.2. The Morgan fingerprint density at radius 2 is 0.900 bits per heavy atom. The molecule has 0 unspecified atom stereocenters. The number of pyridine rings is 1. The van der Waals surface area contributed by atoms with Crippen molar-refractivity contribution in [1.82, 2.24) is 4.98 Å². The van der Waals surface area contributed by atoms with Crippen LogP contribution in [0.1, 0.15) is 25.0 Å². The molecule has 0 saturated carbocycles. The van der Waals surface area contributed by atoms with Crippen molar-refractivity contribution in [2.75, 3.05) is 4.90 Å². The van der Waals surface area contributed by atoms with E-state index >= 15 is 0 Å². The van der Waals surface area contributed by atoms with Gasteiger partial charge in [-0.1, -0.05) is 178 Å². The largest absolute Gasteiger partial charge is 0.295 e. The lowest BCUT2D eigenvalue weighted by Crippen LogP contribution is -2.16. The SMILES string of the molecule is CC1(C)c2ccccc2-c2ccc(N(c3ccc(-c4ccc5c6c(cccc46)-c4c-5c(-c5ccccc5)c5ccccc5c4-c4ccccc4)cc3)c3ccccn3)cc21. The maximum absolute atomic E-state index is 4.87. The van der Waals surface area contributed by atoms with Crippen molar-refractivity contribution in [2.24, 2.45) is 0 Å². The molecule has 60 heavy (non-hydrogen) atoms. The van der Waals surface area contributed by atoms with E-state index in [0.29, 0.717) is 0 Å². The topological polar surface area (TPSA) is 16.1 Å². The highest BCUT2D eigenvalue weighted by atomic mass is 15.2. The lowest BCUT2D eigenvalue weighted by Gasteiger charge is -2.27. The van der Waals surface area contributed by atoms with Gasteiger partial charge in [0, 0.05) is 23.0 Å². The van der Waals surface area contributed by atoms with Gasteiger partial charge in [0.15, 0.2) is 0 Å². The van der Waals surface area contributed by atoms with Gasteiger partial charge in [0.2, 0.25) is 0 Å². The highest BCUT2D eigenvalue weighted by Crippen LogP contribution is 2.58. The van der Waals surface area contributed by atoms with Crippen LogP contribution in [0.4, 0.5) is 17.2 Å². The maximum atomic E-state index is 4.87. The number of fused-ring (bicyclic) bond motifs is 7. The fourth-order valence-corrected chi connectivity index (χ4v) is 10.4. The van der Waals surface area contributed by atoms with Crippen LogP contribution in [0.15, 0.2) is 206 Å². The van der Waals surface area contributed by atoms with Crippen molar-refractivity contribution in [3.63, 3.8) is 0 Å². The van der Waals surface area contributed by atoms with E-state index in [2.05, 4.69) is 213 Å². The van der Waals surface area contributed by atoms with Crippen LogP contribution < -0.4 is 4.90 Å². The number of rotatable bonds is 6. The molecule has 0 spiro atoms. The van der Waals surface area contributed by atoms with E-state index in [-0.39, 0.29) is 5.41 Å². The molecular formula is C58H40N2. The second-order valence-electron chi connectivity index (χ2n) is 16.6. The van der Waals surface area contributed by atoms with E-state index < -0.39 is 0 Å². The van der Waals surface area contributed by atoms with E-state index in [9.17, 15) is 0 Å². The number of aromatic nitrogens is 1. The third-order valence-corrected chi connectivity index (χ3v) is 13.1. The van der Waals surface area contributed by atoms with Crippen LogP contribution in [0.3, 0.4) is 0 Å². The summed E-state index contributed by atoms with van der Waals surface area (Å²) in [4.78, 5) is 7.16. The first-order valence-electron chi connectivity index (χ1n) is 20.9. The molecule has 0 amide bonds. The van der Waals surface area contributed by atoms with Gasteiger partial charge in [-0.2, -0.15) is 0 Å². The van der Waals surface area contributed by atoms with Gasteiger partial charge in [-0.3, -0.25) is 4.90 Å². The van der Waals surface area contributed by atoms with E-state index in [1.165, 1.54) is 99.4 Å². The molecule has 1 aromatic heterocycles. The van der Waals surface area contributed by atoms with Gasteiger partial charge in [-0.05, 0) is 136 Å². The van der Waals surface area contributed by atoms with Crippen LogP contribution in [0.5, 0.6) is 0 Å². The summed E-state index contributed by atoms with van der Waals surface area (Å²) in [5.41, 5.74) is 20.1. The highest BCUT2D eigenvalue weighted by molar-refractivity contribution is 6.28. The van der Waals surface area contributed by atoms with E-state index in [0.717, 1.165) is 17.2 Å². The summed E-state index contributed by atoms with van der Waals surface area (Å²) >= 11 is 0. The molecule has 2 heteroatoms. The molecule has 0 saturated heterocycles. The zero-order valence-corrected chi connectivity index (χ0v) is 33.5. The molecule has 10 aromatic rings. The minimum absolute atomic E-state index is 0.104. The number of hydrogen-bond acceptors (Lipinski definition) is 2. The van der Waals surface area contributed by atoms with Gasteiger partial charge in [0.05, 0.1) is 0 Å². The molecule has 0 radical (unpaired) electrons. The summed E-state index contributed by atoms with van der Waals surface area (Å²) in [7, 11) is 0. The molecule has 282 valence electrons. The molecule has 2 aliphatic rings. The summed E-state index contributed by atoms with van der Waals surface area (Å²) in [6.45, 7) is 4.68. The van der Waals surface area contributed by atoms with Gasteiger partial charge in [0.25, 0.3) is 0 Å². The maximum Gasteiger partial charge on any atom is 0.137 e. The van der Waals surface area contributed by atoms with E-state index in [4.69, 9.17) is 4.98 Å². The summed E-state index contributed by atoms with van der Waals surface area (Å²) in [6, 6.07) is 73.4. The third kappa shape index (κ3) is 5.04. The van der Waals surface area contributed by atoms with Gasteiger partial charge in [0.1, 0.15) is 5.82 Å². The van der Waals surface area contributed by atoms with Gasteiger partial charge >= 0.3 is 0 Å². The van der Waals surface area contributed by atoms with Crippen molar-refractivity contribution < 1.29 is 0 Å². The molecule has 2 aliphatic carbocycles. The first kappa shape index (κ1) is 34.5. The minimum Gasteiger partial charge on any atom is -0.295 e.